The van der Waals surface area contributed by atoms with Crippen LogP contribution in [0.2, 0.25) is 5.02 Å². The quantitative estimate of drug-likeness (QED) is 0.848. The number of sulfonamides is 1. The van der Waals surface area contributed by atoms with Crippen molar-refractivity contribution in [2.45, 2.75) is 4.90 Å². The minimum atomic E-state index is -4.07. The minimum Gasteiger partial charge on any atom is -0.277 e. The molecule has 1 heterocycles. The van der Waals surface area contributed by atoms with Gasteiger partial charge in [-0.2, -0.15) is 0 Å². The van der Waals surface area contributed by atoms with Crippen LogP contribution in [0.4, 0.5) is 10.1 Å². The summed E-state index contributed by atoms with van der Waals surface area (Å²) in [7, 11) is -4.07. The molecule has 2 rings (SSSR count). The number of nitrogens with one attached hydrogen (secondary N) is 1. The number of hydrogen-bond acceptors (Lipinski definition) is 3. The van der Waals surface area contributed by atoms with E-state index in [0.29, 0.717) is 4.60 Å². The molecule has 0 aliphatic rings. The monoisotopic (exact) mass is 364 g/mol. The molecule has 0 aliphatic heterocycles. The first kappa shape index (κ1) is 14.2. The Labute approximate surface area is 122 Å². The van der Waals surface area contributed by atoms with Crippen molar-refractivity contribution in [1.29, 1.82) is 0 Å². The Morgan fingerprint density at radius 1 is 1.26 bits per heavy atom. The van der Waals surface area contributed by atoms with E-state index in [1.807, 2.05) is 0 Å². The third kappa shape index (κ3) is 3.05. The van der Waals surface area contributed by atoms with Crippen LogP contribution in [0.3, 0.4) is 0 Å². The van der Waals surface area contributed by atoms with Gasteiger partial charge in [0.15, 0.2) is 5.82 Å². The predicted octanol–water partition coefficient (Wildman–Crippen LogP) is 3.44. The maximum atomic E-state index is 13.7. The van der Waals surface area contributed by atoms with E-state index in [-0.39, 0.29) is 10.7 Å². The second-order valence-electron chi connectivity index (χ2n) is 3.50. The van der Waals surface area contributed by atoms with Gasteiger partial charge in [-0.1, -0.05) is 17.7 Å². The van der Waals surface area contributed by atoms with E-state index in [1.54, 1.807) is 6.07 Å². The topological polar surface area (TPSA) is 59.1 Å². The molecule has 0 bridgehead atoms. The van der Waals surface area contributed by atoms with Gasteiger partial charge in [-0.3, -0.25) is 4.72 Å². The number of pyridine rings is 1. The number of nitrogens with zero attached hydrogens (tertiary/aromatic N) is 1. The van der Waals surface area contributed by atoms with Gasteiger partial charge in [-0.25, -0.2) is 17.8 Å². The van der Waals surface area contributed by atoms with Gasteiger partial charge in [0.05, 0.1) is 10.7 Å². The number of halogens is 3. The number of benzene rings is 1. The summed E-state index contributed by atoms with van der Waals surface area (Å²) in [6, 6.07) is 6.82. The van der Waals surface area contributed by atoms with E-state index in [0.717, 1.165) is 6.07 Å². The molecule has 0 amide bonds. The Morgan fingerprint density at radius 3 is 2.68 bits per heavy atom. The highest BCUT2D eigenvalue weighted by Crippen LogP contribution is 2.26. The normalized spacial score (nSPS) is 11.3. The minimum absolute atomic E-state index is 0.210. The van der Waals surface area contributed by atoms with Crippen molar-refractivity contribution in [3.8, 4) is 0 Å². The van der Waals surface area contributed by atoms with Crippen LogP contribution in [0.25, 0.3) is 0 Å². The average Bonchev–Trinajstić information content (AvgIpc) is 2.35. The highest BCUT2D eigenvalue weighted by Gasteiger charge is 2.21. The van der Waals surface area contributed by atoms with E-state index in [2.05, 4.69) is 25.6 Å². The number of rotatable bonds is 3. The summed E-state index contributed by atoms with van der Waals surface area (Å²) in [6.45, 7) is 0. The summed E-state index contributed by atoms with van der Waals surface area (Å²) in [5.74, 6) is -0.989. The van der Waals surface area contributed by atoms with Crippen LogP contribution < -0.4 is 4.72 Å². The van der Waals surface area contributed by atoms with Gasteiger partial charge in [-0.15, -0.1) is 0 Å². The summed E-state index contributed by atoms with van der Waals surface area (Å²) in [6.07, 6.45) is 1.49. The van der Waals surface area contributed by atoms with Crippen molar-refractivity contribution in [3.05, 3.63) is 52.0 Å². The Hall–Kier alpha value is -1.18. The first-order valence-electron chi connectivity index (χ1n) is 4.99. The fraction of sp³-hybridized carbons (Fsp3) is 0. The third-order valence-electron chi connectivity index (χ3n) is 2.21. The smallest absolute Gasteiger partial charge is 0.264 e. The van der Waals surface area contributed by atoms with Crippen LogP contribution in [0.5, 0.6) is 0 Å². The molecule has 0 atom stereocenters. The van der Waals surface area contributed by atoms with Crippen LogP contribution in [0.15, 0.2) is 46.0 Å². The second kappa shape index (κ2) is 5.44. The molecule has 0 fully saturated rings. The van der Waals surface area contributed by atoms with E-state index in [1.165, 1.54) is 24.4 Å². The lowest BCUT2D eigenvalue weighted by atomic mass is 10.3. The Balaban J connectivity index is 2.44. The van der Waals surface area contributed by atoms with E-state index in [9.17, 15) is 12.8 Å². The second-order valence-corrected chi connectivity index (χ2v) is 6.31. The molecule has 1 aromatic carbocycles. The molecular formula is C11H7BrClFN2O2S. The van der Waals surface area contributed by atoms with Crippen LogP contribution in [0.1, 0.15) is 0 Å². The molecule has 100 valence electrons. The Morgan fingerprint density at radius 2 is 2.00 bits per heavy atom. The molecule has 1 N–H and O–H groups in total. The molecule has 19 heavy (non-hydrogen) atoms. The summed E-state index contributed by atoms with van der Waals surface area (Å²) >= 11 is 8.66. The van der Waals surface area contributed by atoms with Gasteiger partial charge in [0, 0.05) is 6.20 Å². The molecular weight excluding hydrogens is 359 g/mol. The summed E-state index contributed by atoms with van der Waals surface area (Å²) < 4.78 is 40.4. The lowest BCUT2D eigenvalue weighted by Crippen LogP contribution is -2.15. The molecule has 0 unspecified atom stereocenters. The zero-order chi connectivity index (χ0) is 14.0. The van der Waals surface area contributed by atoms with Crippen LogP contribution in [0, 0.1) is 5.82 Å². The molecule has 0 radical (unpaired) electrons. The molecule has 0 saturated heterocycles. The first-order valence-corrected chi connectivity index (χ1v) is 7.64. The summed E-state index contributed by atoms with van der Waals surface area (Å²) in [4.78, 5) is 3.35. The SMILES string of the molecule is O=S(=O)(Nc1cccnc1Br)c1cccc(Cl)c1F. The van der Waals surface area contributed by atoms with Crippen molar-refractivity contribution in [3.63, 3.8) is 0 Å². The molecule has 4 nitrogen and oxygen atoms in total. The Bertz CT molecular complexity index is 724. The van der Waals surface area contributed by atoms with Crippen LogP contribution in [-0.2, 0) is 10.0 Å². The molecule has 0 spiro atoms. The summed E-state index contributed by atoms with van der Waals surface area (Å²) in [5, 5.41) is -0.256. The van der Waals surface area contributed by atoms with Gasteiger partial charge < -0.3 is 0 Å². The van der Waals surface area contributed by atoms with Gasteiger partial charge in [0.1, 0.15) is 9.50 Å². The maximum absolute atomic E-state index is 13.7. The van der Waals surface area contributed by atoms with Crippen molar-refractivity contribution in [2.24, 2.45) is 0 Å². The van der Waals surface area contributed by atoms with Gasteiger partial charge in [0.2, 0.25) is 0 Å². The number of aromatic nitrogens is 1. The first-order chi connectivity index (χ1) is 8.92. The van der Waals surface area contributed by atoms with Crippen molar-refractivity contribution in [2.75, 3.05) is 4.72 Å². The Kier molecular flexibility index (Phi) is 4.07. The summed E-state index contributed by atoms with van der Waals surface area (Å²) in [5.41, 5.74) is 0.210. The number of anilines is 1. The van der Waals surface area contributed by atoms with Crippen LogP contribution >= 0.6 is 27.5 Å². The molecule has 8 heteroatoms. The van der Waals surface area contributed by atoms with E-state index in [4.69, 9.17) is 11.6 Å². The molecule has 0 saturated carbocycles. The third-order valence-corrected chi connectivity index (χ3v) is 4.52. The fourth-order valence-corrected chi connectivity index (χ4v) is 3.23. The standard InChI is InChI=1S/C11H7BrClFN2O2S/c12-11-8(4-2-6-15-11)16-19(17,18)9-5-1-3-7(13)10(9)14/h1-6,16H. The number of hydrogen-bond donors (Lipinski definition) is 1. The van der Waals surface area contributed by atoms with Crippen LogP contribution in [-0.4, -0.2) is 13.4 Å². The molecule has 2 aromatic rings. The average molecular weight is 366 g/mol. The van der Waals surface area contributed by atoms with Crippen molar-refractivity contribution < 1.29 is 12.8 Å². The van der Waals surface area contributed by atoms with E-state index >= 15 is 0 Å². The molecule has 0 aliphatic carbocycles. The van der Waals surface area contributed by atoms with E-state index < -0.39 is 20.7 Å². The highest BCUT2D eigenvalue weighted by atomic mass is 79.9. The van der Waals surface area contributed by atoms with Crippen molar-refractivity contribution >= 4 is 43.2 Å². The van der Waals surface area contributed by atoms with Crippen molar-refractivity contribution in [1.82, 2.24) is 4.98 Å². The largest absolute Gasteiger partial charge is 0.277 e. The lowest BCUT2D eigenvalue weighted by Gasteiger charge is -2.10. The fourth-order valence-electron chi connectivity index (χ4n) is 1.35. The zero-order valence-corrected chi connectivity index (χ0v) is 12.4. The van der Waals surface area contributed by atoms with Gasteiger partial charge in [-0.05, 0) is 40.2 Å². The maximum Gasteiger partial charge on any atom is 0.264 e. The predicted molar refractivity (Wildman–Crippen MR) is 74.2 cm³/mol. The lowest BCUT2D eigenvalue weighted by molar-refractivity contribution is 0.570. The molecule has 1 aromatic heterocycles. The highest BCUT2D eigenvalue weighted by molar-refractivity contribution is 9.10. The van der Waals surface area contributed by atoms with Gasteiger partial charge >= 0.3 is 0 Å². The van der Waals surface area contributed by atoms with Gasteiger partial charge in [0.25, 0.3) is 10.0 Å². The zero-order valence-electron chi connectivity index (χ0n) is 9.27.